The fourth-order valence-corrected chi connectivity index (χ4v) is 4.61. The number of benzene rings is 1. The number of piperidine rings is 2. The van der Waals surface area contributed by atoms with Gasteiger partial charge in [0.1, 0.15) is 5.69 Å². The maximum Gasteiger partial charge on any atom is 0.274 e. The van der Waals surface area contributed by atoms with Crippen LogP contribution in [0.15, 0.2) is 36.4 Å². The highest BCUT2D eigenvalue weighted by Gasteiger charge is 2.45. The lowest BCUT2D eigenvalue weighted by Crippen LogP contribution is -2.53. The smallest absolute Gasteiger partial charge is 0.274 e. The van der Waals surface area contributed by atoms with E-state index >= 15 is 0 Å². The molecule has 6 heteroatoms. The molecular weight excluding hydrogens is 340 g/mol. The van der Waals surface area contributed by atoms with E-state index < -0.39 is 0 Å². The first kappa shape index (κ1) is 17.8. The second kappa shape index (κ2) is 6.83. The molecule has 0 bridgehead atoms. The van der Waals surface area contributed by atoms with Crippen LogP contribution in [0.3, 0.4) is 0 Å². The van der Waals surface area contributed by atoms with Gasteiger partial charge < -0.3 is 9.80 Å². The van der Waals surface area contributed by atoms with Gasteiger partial charge in [-0.2, -0.15) is 5.10 Å². The van der Waals surface area contributed by atoms with Crippen LogP contribution in [0.5, 0.6) is 0 Å². The van der Waals surface area contributed by atoms with Gasteiger partial charge in [-0.1, -0.05) is 30.3 Å². The largest absolute Gasteiger partial charge is 0.345 e. The molecule has 2 fully saturated rings. The Bertz CT molecular complexity index is 837. The van der Waals surface area contributed by atoms with Gasteiger partial charge >= 0.3 is 0 Å². The summed E-state index contributed by atoms with van der Waals surface area (Å²) in [7, 11) is 1.91. The number of aromatic nitrogens is 2. The number of hydrogen-bond acceptors (Lipinski definition) is 3. The van der Waals surface area contributed by atoms with Crippen LogP contribution < -0.4 is 0 Å². The van der Waals surface area contributed by atoms with Gasteiger partial charge in [-0.3, -0.25) is 14.7 Å². The number of aromatic amines is 1. The molecule has 3 heterocycles. The van der Waals surface area contributed by atoms with Crippen LogP contribution in [0.4, 0.5) is 0 Å². The summed E-state index contributed by atoms with van der Waals surface area (Å²) in [5.41, 5.74) is 2.56. The van der Waals surface area contributed by atoms with Crippen molar-refractivity contribution >= 4 is 11.8 Å². The molecule has 4 rings (SSSR count). The van der Waals surface area contributed by atoms with E-state index in [0.29, 0.717) is 18.8 Å². The Morgan fingerprint density at radius 2 is 1.93 bits per heavy atom. The lowest BCUT2D eigenvalue weighted by atomic mass is 9.67. The van der Waals surface area contributed by atoms with Crippen LogP contribution >= 0.6 is 0 Å². The highest BCUT2D eigenvalue weighted by molar-refractivity contribution is 5.92. The normalized spacial score (nSPS) is 22.3. The van der Waals surface area contributed by atoms with E-state index in [1.165, 1.54) is 0 Å². The highest BCUT2D eigenvalue weighted by Crippen LogP contribution is 2.45. The number of carbonyl (C=O) groups is 2. The molecule has 2 aliphatic heterocycles. The van der Waals surface area contributed by atoms with Crippen molar-refractivity contribution < 1.29 is 9.59 Å². The minimum atomic E-state index is -0.0822. The van der Waals surface area contributed by atoms with Crippen molar-refractivity contribution in [1.29, 1.82) is 0 Å². The van der Waals surface area contributed by atoms with Gasteiger partial charge in [0.2, 0.25) is 5.91 Å². The number of aryl methyl sites for hydroxylation is 1. The zero-order valence-electron chi connectivity index (χ0n) is 15.9. The predicted octanol–water partition coefficient (Wildman–Crippen LogP) is 2.59. The third-order valence-electron chi connectivity index (χ3n) is 6.12. The van der Waals surface area contributed by atoms with Crippen molar-refractivity contribution in [3.63, 3.8) is 0 Å². The van der Waals surface area contributed by atoms with Crippen LogP contribution in [0, 0.1) is 12.3 Å². The van der Waals surface area contributed by atoms with Crippen LogP contribution in [0.2, 0.25) is 0 Å². The molecule has 142 valence electrons. The molecule has 1 spiro atoms. The Hall–Kier alpha value is -2.63. The summed E-state index contributed by atoms with van der Waals surface area (Å²) >= 11 is 0. The Morgan fingerprint density at radius 3 is 2.56 bits per heavy atom. The zero-order chi connectivity index (χ0) is 19.0. The van der Waals surface area contributed by atoms with E-state index in [1.807, 2.05) is 54.1 Å². The molecule has 1 N–H and O–H groups in total. The van der Waals surface area contributed by atoms with Crippen molar-refractivity contribution in [2.24, 2.45) is 5.41 Å². The molecule has 2 aliphatic rings. The Kier molecular flexibility index (Phi) is 4.50. The van der Waals surface area contributed by atoms with Gasteiger partial charge in [-0.05, 0) is 43.2 Å². The fraction of sp³-hybridized carbons (Fsp3) is 0.476. The summed E-state index contributed by atoms with van der Waals surface area (Å²) < 4.78 is 0. The summed E-state index contributed by atoms with van der Waals surface area (Å²) in [6.45, 7) is 4.11. The van der Waals surface area contributed by atoms with E-state index in [2.05, 4.69) is 10.2 Å². The number of nitrogens with one attached hydrogen (secondary N) is 1. The molecule has 6 nitrogen and oxygen atoms in total. The van der Waals surface area contributed by atoms with Gasteiger partial charge in [0, 0.05) is 32.4 Å². The first-order valence-electron chi connectivity index (χ1n) is 9.59. The molecule has 0 aliphatic carbocycles. The van der Waals surface area contributed by atoms with Crippen LogP contribution in [-0.4, -0.2) is 58.5 Å². The van der Waals surface area contributed by atoms with Gasteiger partial charge in [0.15, 0.2) is 0 Å². The Morgan fingerprint density at radius 1 is 1.22 bits per heavy atom. The summed E-state index contributed by atoms with van der Waals surface area (Å²) in [5.74, 6) is 0.118. The monoisotopic (exact) mass is 366 g/mol. The molecule has 1 unspecified atom stereocenters. The van der Waals surface area contributed by atoms with Crippen molar-refractivity contribution in [3.05, 3.63) is 53.3 Å². The molecule has 1 aromatic heterocycles. The first-order chi connectivity index (χ1) is 13.0. The number of hydrogen-bond donors (Lipinski definition) is 1. The fourth-order valence-electron chi connectivity index (χ4n) is 4.61. The lowest BCUT2D eigenvalue weighted by Gasteiger charge is -2.49. The minimum absolute atomic E-state index is 0.00551. The molecule has 27 heavy (non-hydrogen) atoms. The molecule has 1 aromatic carbocycles. The van der Waals surface area contributed by atoms with E-state index in [9.17, 15) is 9.59 Å². The maximum absolute atomic E-state index is 12.8. The molecule has 2 aromatic rings. The van der Waals surface area contributed by atoms with E-state index in [-0.39, 0.29) is 23.1 Å². The van der Waals surface area contributed by atoms with Crippen LogP contribution in [0.25, 0.3) is 0 Å². The number of H-pyrrole nitrogens is 1. The Labute approximate surface area is 159 Å². The molecule has 0 radical (unpaired) electrons. The van der Waals surface area contributed by atoms with Crippen molar-refractivity contribution in [1.82, 2.24) is 20.0 Å². The van der Waals surface area contributed by atoms with E-state index in [4.69, 9.17) is 0 Å². The third kappa shape index (κ3) is 3.36. The second-order valence-corrected chi connectivity index (χ2v) is 8.09. The van der Waals surface area contributed by atoms with Gasteiger partial charge in [0.25, 0.3) is 5.91 Å². The van der Waals surface area contributed by atoms with Gasteiger partial charge in [-0.25, -0.2) is 0 Å². The average Bonchev–Trinajstić information content (AvgIpc) is 3.12. The highest BCUT2D eigenvalue weighted by atomic mass is 16.2. The maximum atomic E-state index is 12.8. The number of carbonyl (C=O) groups excluding carboxylic acids is 2. The van der Waals surface area contributed by atoms with Crippen LogP contribution in [-0.2, 0) is 4.79 Å². The summed E-state index contributed by atoms with van der Waals surface area (Å²) in [6, 6.07) is 11.9. The average molecular weight is 366 g/mol. The van der Waals surface area contributed by atoms with Gasteiger partial charge in [-0.15, -0.1) is 0 Å². The SMILES string of the molecule is Cc1cc(C(=O)N2CCC3(CC2)CC(c2ccccc2)C(=O)N(C)C3)n[nH]1. The molecule has 0 saturated carbocycles. The molecule has 2 saturated heterocycles. The zero-order valence-corrected chi connectivity index (χ0v) is 15.9. The van der Waals surface area contributed by atoms with Crippen molar-refractivity contribution in [2.45, 2.75) is 32.1 Å². The summed E-state index contributed by atoms with van der Waals surface area (Å²) in [6.07, 6.45) is 2.70. The number of amides is 2. The number of rotatable bonds is 2. The summed E-state index contributed by atoms with van der Waals surface area (Å²) in [5, 5.41) is 6.94. The van der Waals surface area contributed by atoms with Crippen molar-refractivity contribution in [3.8, 4) is 0 Å². The van der Waals surface area contributed by atoms with Crippen molar-refractivity contribution in [2.75, 3.05) is 26.7 Å². The molecular formula is C21H26N4O2. The predicted molar refractivity (Wildman–Crippen MR) is 102 cm³/mol. The van der Waals surface area contributed by atoms with Crippen LogP contribution in [0.1, 0.15) is 46.9 Å². The molecule has 2 amide bonds. The number of likely N-dealkylation sites (tertiary alicyclic amines) is 2. The quantitative estimate of drug-likeness (QED) is 0.888. The van der Waals surface area contributed by atoms with Gasteiger partial charge in [0.05, 0.1) is 5.92 Å². The first-order valence-corrected chi connectivity index (χ1v) is 9.59. The number of nitrogens with zero attached hydrogens (tertiary/aromatic N) is 3. The standard InChI is InChI=1S/C21H26N4O2/c1-15-12-18(23-22-15)20(27)25-10-8-21(9-11-25)13-17(19(26)24(2)14-21)16-6-4-3-5-7-16/h3-7,12,17H,8-11,13-14H2,1-2H3,(H,22,23). The topological polar surface area (TPSA) is 69.3 Å². The van der Waals surface area contributed by atoms with E-state index in [1.54, 1.807) is 6.07 Å². The number of likely N-dealkylation sites (N-methyl/N-ethyl adjacent to an activating group) is 1. The molecule has 1 atom stereocenters. The Balaban J connectivity index is 1.48. The lowest BCUT2D eigenvalue weighted by molar-refractivity contribution is -0.139. The second-order valence-electron chi connectivity index (χ2n) is 8.09. The minimum Gasteiger partial charge on any atom is -0.345 e. The summed E-state index contributed by atoms with van der Waals surface area (Å²) in [4.78, 5) is 29.2. The van der Waals surface area contributed by atoms with E-state index in [0.717, 1.165) is 37.1 Å². The third-order valence-corrected chi connectivity index (χ3v) is 6.12.